The number of aromatic nitrogens is 1. The fraction of sp³-hybridized carbons (Fsp3) is 0.636. The first-order valence-electron chi connectivity index (χ1n) is 5.73. The number of aryl methyl sites for hydroxylation is 1. The van der Waals surface area contributed by atoms with Gasteiger partial charge in [0.1, 0.15) is 0 Å². The third-order valence-corrected chi connectivity index (χ3v) is 3.19. The van der Waals surface area contributed by atoms with Gasteiger partial charge in [-0.1, -0.05) is 20.3 Å². The molecule has 1 rings (SSSR count). The van der Waals surface area contributed by atoms with Crippen molar-refractivity contribution in [2.75, 3.05) is 6.54 Å². The summed E-state index contributed by atoms with van der Waals surface area (Å²) in [6.07, 6.45) is 3.26. The normalized spacial score (nSPS) is 11.1. The van der Waals surface area contributed by atoms with Gasteiger partial charge >= 0.3 is 0 Å². The lowest BCUT2D eigenvalue weighted by Gasteiger charge is -2.03. The van der Waals surface area contributed by atoms with Gasteiger partial charge in [0.05, 0.1) is 17.2 Å². The molecule has 0 aliphatic rings. The molecule has 17 heavy (non-hydrogen) atoms. The first kappa shape index (κ1) is 16.6. The van der Waals surface area contributed by atoms with E-state index in [9.17, 15) is 0 Å². The van der Waals surface area contributed by atoms with Crippen molar-refractivity contribution in [2.45, 2.75) is 39.7 Å². The van der Waals surface area contributed by atoms with E-state index in [1.807, 2.05) is 5.38 Å². The van der Waals surface area contributed by atoms with Crippen LogP contribution in [-0.4, -0.2) is 17.5 Å². The molecule has 1 heterocycles. The summed E-state index contributed by atoms with van der Waals surface area (Å²) in [6, 6.07) is 0. The lowest BCUT2D eigenvalue weighted by Crippen LogP contribution is -2.32. The Bertz CT molecular complexity index is 338. The number of hydrogen-bond donors (Lipinski definition) is 2. The lowest BCUT2D eigenvalue weighted by molar-refractivity contribution is 0.747. The Morgan fingerprint density at radius 2 is 2.29 bits per heavy atom. The molecule has 1 aromatic rings. The van der Waals surface area contributed by atoms with E-state index in [1.54, 1.807) is 11.3 Å². The van der Waals surface area contributed by atoms with Crippen LogP contribution in [-0.2, 0) is 13.0 Å². The van der Waals surface area contributed by atoms with Gasteiger partial charge in [0.2, 0.25) is 0 Å². The largest absolute Gasteiger partial charge is 0.370 e. The number of nitrogens with zero attached hydrogens (tertiary/aromatic N) is 2. The maximum absolute atomic E-state index is 5.72. The molecule has 0 unspecified atom stereocenters. The van der Waals surface area contributed by atoms with Crippen molar-refractivity contribution in [1.29, 1.82) is 0 Å². The Hall–Kier alpha value is -0.370. The van der Waals surface area contributed by atoms with Gasteiger partial charge in [0.25, 0.3) is 0 Å². The second-order valence-corrected chi connectivity index (χ2v) is 4.51. The summed E-state index contributed by atoms with van der Waals surface area (Å²) < 4.78 is 0. The summed E-state index contributed by atoms with van der Waals surface area (Å²) in [6.45, 7) is 5.72. The predicted octanol–water partition coefficient (Wildman–Crippen LogP) is 2.53. The minimum Gasteiger partial charge on any atom is -0.370 e. The average molecular weight is 368 g/mol. The van der Waals surface area contributed by atoms with E-state index in [-0.39, 0.29) is 24.0 Å². The maximum Gasteiger partial charge on any atom is 0.188 e. The number of nitrogens with two attached hydrogens (primary N) is 1. The third-order valence-electron chi connectivity index (χ3n) is 2.15. The van der Waals surface area contributed by atoms with Crippen molar-refractivity contribution >= 4 is 41.3 Å². The maximum atomic E-state index is 5.72. The van der Waals surface area contributed by atoms with Crippen LogP contribution in [0.2, 0.25) is 0 Å². The van der Waals surface area contributed by atoms with Gasteiger partial charge in [0.15, 0.2) is 5.96 Å². The minimum atomic E-state index is 0. The highest BCUT2D eigenvalue weighted by molar-refractivity contribution is 14.0. The number of nitrogens with one attached hydrogen (secondary N) is 1. The van der Waals surface area contributed by atoms with Crippen LogP contribution in [0.3, 0.4) is 0 Å². The zero-order chi connectivity index (χ0) is 11.8. The Kier molecular flexibility index (Phi) is 9.43. The summed E-state index contributed by atoms with van der Waals surface area (Å²) >= 11 is 1.68. The first-order chi connectivity index (χ1) is 7.76. The summed E-state index contributed by atoms with van der Waals surface area (Å²) in [5.74, 6) is 0.513. The molecule has 0 fully saturated rings. The van der Waals surface area contributed by atoms with E-state index >= 15 is 0 Å². The van der Waals surface area contributed by atoms with Gasteiger partial charge in [-0.2, -0.15) is 0 Å². The van der Waals surface area contributed by atoms with Crippen molar-refractivity contribution in [2.24, 2.45) is 10.7 Å². The van der Waals surface area contributed by atoms with Crippen molar-refractivity contribution in [3.8, 4) is 0 Å². The summed E-state index contributed by atoms with van der Waals surface area (Å²) in [5.41, 5.74) is 6.72. The Morgan fingerprint density at radius 3 is 2.88 bits per heavy atom. The van der Waals surface area contributed by atoms with Gasteiger partial charge in [-0.3, -0.25) is 0 Å². The quantitative estimate of drug-likeness (QED) is 0.351. The van der Waals surface area contributed by atoms with Crippen LogP contribution in [0.15, 0.2) is 10.4 Å². The second-order valence-electron chi connectivity index (χ2n) is 3.57. The molecule has 0 spiro atoms. The van der Waals surface area contributed by atoms with Crippen molar-refractivity contribution in [3.05, 3.63) is 16.1 Å². The molecular weight excluding hydrogens is 347 g/mol. The van der Waals surface area contributed by atoms with Gasteiger partial charge in [-0.05, 0) is 12.8 Å². The molecule has 0 radical (unpaired) electrons. The van der Waals surface area contributed by atoms with Crippen molar-refractivity contribution in [1.82, 2.24) is 10.3 Å². The van der Waals surface area contributed by atoms with Gasteiger partial charge < -0.3 is 11.1 Å². The number of guanidine groups is 1. The number of thiazole rings is 1. The number of hydrogen-bond acceptors (Lipinski definition) is 3. The van der Waals surface area contributed by atoms with Crippen molar-refractivity contribution in [3.63, 3.8) is 0 Å². The van der Waals surface area contributed by atoms with Crippen LogP contribution in [0.25, 0.3) is 0 Å². The molecule has 0 aliphatic carbocycles. The van der Waals surface area contributed by atoms with Crippen LogP contribution in [0, 0.1) is 0 Å². The van der Waals surface area contributed by atoms with E-state index in [0.29, 0.717) is 12.5 Å². The fourth-order valence-corrected chi connectivity index (χ4v) is 1.94. The van der Waals surface area contributed by atoms with Crippen LogP contribution in [0.4, 0.5) is 0 Å². The molecular formula is C11H21IN4S. The van der Waals surface area contributed by atoms with Crippen LogP contribution in [0.5, 0.6) is 0 Å². The monoisotopic (exact) mass is 368 g/mol. The number of rotatable bonds is 6. The molecule has 4 nitrogen and oxygen atoms in total. The highest BCUT2D eigenvalue weighted by atomic mass is 127. The molecule has 1 aromatic heterocycles. The topological polar surface area (TPSA) is 63.3 Å². The predicted molar refractivity (Wildman–Crippen MR) is 85.1 cm³/mol. The van der Waals surface area contributed by atoms with Gasteiger partial charge in [-0.25, -0.2) is 9.98 Å². The first-order valence-corrected chi connectivity index (χ1v) is 6.61. The molecule has 6 heteroatoms. The Balaban J connectivity index is 0.00000256. The molecule has 0 amide bonds. The van der Waals surface area contributed by atoms with Gasteiger partial charge in [-0.15, -0.1) is 35.3 Å². The lowest BCUT2D eigenvalue weighted by atomic mass is 10.3. The number of unbranched alkanes of at least 4 members (excludes halogenated alkanes) is 1. The SMILES string of the molecule is CCCCNC(N)=NCc1csc(CC)n1.I. The average Bonchev–Trinajstić information content (AvgIpc) is 2.74. The van der Waals surface area contributed by atoms with Crippen LogP contribution >= 0.6 is 35.3 Å². The fourth-order valence-electron chi connectivity index (χ4n) is 1.20. The molecule has 0 bridgehead atoms. The third kappa shape index (κ3) is 6.82. The number of aliphatic imine (C=N–C) groups is 1. The Labute approximate surface area is 124 Å². The summed E-state index contributed by atoms with van der Waals surface area (Å²) in [5, 5.41) is 6.28. The summed E-state index contributed by atoms with van der Waals surface area (Å²) in [4.78, 5) is 8.67. The molecule has 3 N–H and O–H groups in total. The molecule has 98 valence electrons. The molecule has 0 aromatic carbocycles. The molecule has 0 aliphatic heterocycles. The zero-order valence-corrected chi connectivity index (χ0v) is 13.5. The van der Waals surface area contributed by atoms with E-state index < -0.39 is 0 Å². The Morgan fingerprint density at radius 1 is 1.53 bits per heavy atom. The van der Waals surface area contributed by atoms with Crippen LogP contribution in [0.1, 0.15) is 37.4 Å². The van der Waals surface area contributed by atoms with Crippen LogP contribution < -0.4 is 11.1 Å². The van der Waals surface area contributed by atoms with E-state index in [0.717, 1.165) is 36.5 Å². The zero-order valence-electron chi connectivity index (χ0n) is 10.4. The van der Waals surface area contributed by atoms with Crippen molar-refractivity contribution < 1.29 is 0 Å². The van der Waals surface area contributed by atoms with E-state index in [4.69, 9.17) is 5.73 Å². The highest BCUT2D eigenvalue weighted by Gasteiger charge is 1.99. The van der Waals surface area contributed by atoms with Gasteiger partial charge in [0, 0.05) is 11.9 Å². The number of halogens is 1. The second kappa shape index (κ2) is 9.64. The van der Waals surface area contributed by atoms with E-state index in [1.165, 1.54) is 0 Å². The highest BCUT2D eigenvalue weighted by Crippen LogP contribution is 2.10. The molecule has 0 atom stereocenters. The minimum absolute atomic E-state index is 0. The molecule has 0 saturated carbocycles. The smallest absolute Gasteiger partial charge is 0.188 e. The summed E-state index contributed by atoms with van der Waals surface area (Å²) in [7, 11) is 0. The standard InChI is InChI=1S/C11H20N4S.HI/c1-3-5-6-13-11(12)14-7-9-8-16-10(4-2)15-9;/h8H,3-7H2,1-2H3,(H3,12,13,14);1H. The molecule has 0 saturated heterocycles. The van der Waals surface area contributed by atoms with E-state index in [2.05, 4.69) is 29.1 Å².